The molecular formula is C7H9Cl2N3S. The van der Waals surface area contributed by atoms with E-state index in [0.717, 1.165) is 6.42 Å². The van der Waals surface area contributed by atoms with Crippen LogP contribution in [0.1, 0.15) is 24.4 Å². The average Bonchev–Trinajstić information content (AvgIpc) is 2.12. The van der Waals surface area contributed by atoms with Crippen molar-refractivity contribution >= 4 is 41.5 Å². The number of thiol groups is 1. The van der Waals surface area contributed by atoms with Gasteiger partial charge in [0.2, 0.25) is 0 Å². The van der Waals surface area contributed by atoms with Crippen molar-refractivity contribution in [3.8, 4) is 0 Å². The van der Waals surface area contributed by atoms with Gasteiger partial charge in [-0.15, -0.1) is 0 Å². The van der Waals surface area contributed by atoms with E-state index in [9.17, 15) is 0 Å². The minimum atomic E-state index is -0.0596. The Bertz CT molecular complexity index is 296. The minimum Gasteiger partial charge on any atom is -0.394 e. The van der Waals surface area contributed by atoms with Crippen molar-refractivity contribution < 1.29 is 0 Å². The van der Waals surface area contributed by atoms with Crippen LogP contribution in [0.25, 0.3) is 0 Å². The second-order valence-electron chi connectivity index (χ2n) is 2.50. The summed E-state index contributed by atoms with van der Waals surface area (Å²) < 4.78 is 0. The van der Waals surface area contributed by atoms with Crippen LogP contribution in [0.5, 0.6) is 0 Å². The average molecular weight is 238 g/mol. The lowest BCUT2D eigenvalue weighted by Crippen LogP contribution is -2.02. The first-order valence-corrected chi connectivity index (χ1v) is 5.00. The Kier molecular flexibility index (Phi) is 3.64. The van der Waals surface area contributed by atoms with Crippen LogP contribution in [0.4, 0.5) is 5.69 Å². The number of nitrogens with zero attached hydrogens (tertiary/aromatic N) is 2. The fraction of sp³-hybridized carbons (Fsp3) is 0.429. The first kappa shape index (κ1) is 10.9. The molecule has 0 aromatic carbocycles. The monoisotopic (exact) mass is 237 g/mol. The second-order valence-corrected chi connectivity index (χ2v) is 3.84. The number of anilines is 1. The highest BCUT2D eigenvalue weighted by molar-refractivity contribution is 7.80. The molecule has 0 amide bonds. The van der Waals surface area contributed by atoms with E-state index in [1.165, 1.54) is 0 Å². The fourth-order valence-electron chi connectivity index (χ4n) is 0.763. The molecule has 2 N–H and O–H groups in total. The molecule has 6 heteroatoms. The third kappa shape index (κ3) is 2.39. The third-order valence-corrected chi connectivity index (χ3v) is 2.73. The van der Waals surface area contributed by atoms with Crippen molar-refractivity contribution in [3.63, 3.8) is 0 Å². The summed E-state index contributed by atoms with van der Waals surface area (Å²) in [5, 5.41) is 0.306. The molecule has 1 aromatic rings. The molecule has 1 rings (SSSR count). The highest BCUT2D eigenvalue weighted by Gasteiger charge is 2.12. The summed E-state index contributed by atoms with van der Waals surface area (Å²) in [6.45, 7) is 1.97. The van der Waals surface area contributed by atoms with Crippen molar-refractivity contribution in [2.24, 2.45) is 0 Å². The Morgan fingerprint density at radius 2 is 1.85 bits per heavy atom. The van der Waals surface area contributed by atoms with Crippen molar-refractivity contribution in [1.29, 1.82) is 0 Å². The second kappa shape index (κ2) is 4.35. The number of aromatic nitrogens is 2. The Balaban J connectivity index is 3.13. The van der Waals surface area contributed by atoms with Gasteiger partial charge < -0.3 is 5.73 Å². The molecule has 0 saturated heterocycles. The maximum atomic E-state index is 5.73. The molecule has 0 radical (unpaired) electrons. The predicted molar refractivity (Wildman–Crippen MR) is 58.5 cm³/mol. The summed E-state index contributed by atoms with van der Waals surface area (Å²) in [7, 11) is 0. The van der Waals surface area contributed by atoms with Crippen LogP contribution >= 0.6 is 35.8 Å². The number of nitrogen functional groups attached to an aromatic ring is 1. The zero-order chi connectivity index (χ0) is 10.0. The van der Waals surface area contributed by atoms with Crippen LogP contribution in [-0.2, 0) is 0 Å². The zero-order valence-corrected chi connectivity index (χ0v) is 9.37. The first-order chi connectivity index (χ1) is 6.06. The number of nitrogens with two attached hydrogens (primary N) is 1. The van der Waals surface area contributed by atoms with Crippen molar-refractivity contribution in [2.75, 3.05) is 5.73 Å². The van der Waals surface area contributed by atoms with Crippen LogP contribution in [-0.4, -0.2) is 9.97 Å². The van der Waals surface area contributed by atoms with Gasteiger partial charge in [0.1, 0.15) is 11.5 Å². The maximum Gasteiger partial charge on any atom is 0.157 e. The SMILES string of the molecule is CCC(S)c1nc(Cl)c(N)c(Cl)n1. The summed E-state index contributed by atoms with van der Waals surface area (Å²) in [5.74, 6) is 0.509. The summed E-state index contributed by atoms with van der Waals surface area (Å²) in [6, 6.07) is 0. The molecule has 0 saturated carbocycles. The van der Waals surface area contributed by atoms with Crippen LogP contribution < -0.4 is 5.73 Å². The van der Waals surface area contributed by atoms with Crippen LogP contribution in [0.2, 0.25) is 10.3 Å². The maximum absolute atomic E-state index is 5.73. The van der Waals surface area contributed by atoms with Crippen LogP contribution in [0.3, 0.4) is 0 Å². The van der Waals surface area contributed by atoms with E-state index in [-0.39, 0.29) is 21.2 Å². The van der Waals surface area contributed by atoms with Gasteiger partial charge in [0.25, 0.3) is 0 Å². The van der Waals surface area contributed by atoms with Crippen molar-refractivity contribution in [1.82, 2.24) is 9.97 Å². The molecule has 0 aliphatic rings. The molecule has 1 unspecified atom stereocenters. The largest absolute Gasteiger partial charge is 0.394 e. The van der Waals surface area contributed by atoms with E-state index in [1.54, 1.807) is 0 Å². The van der Waals surface area contributed by atoms with Gasteiger partial charge in [-0.25, -0.2) is 9.97 Å². The van der Waals surface area contributed by atoms with Crippen molar-refractivity contribution in [2.45, 2.75) is 18.6 Å². The first-order valence-electron chi connectivity index (χ1n) is 3.72. The molecule has 0 bridgehead atoms. The van der Waals surface area contributed by atoms with E-state index >= 15 is 0 Å². The predicted octanol–water partition coefficient (Wildman–Crippen LogP) is 2.75. The molecule has 0 fully saturated rings. The van der Waals surface area contributed by atoms with E-state index in [4.69, 9.17) is 28.9 Å². The van der Waals surface area contributed by atoms with Gasteiger partial charge in [0.05, 0.1) is 5.25 Å². The molecule has 0 aliphatic carbocycles. The minimum absolute atomic E-state index is 0.0596. The molecule has 1 aromatic heterocycles. The third-order valence-electron chi connectivity index (χ3n) is 1.55. The lowest BCUT2D eigenvalue weighted by atomic mass is 10.3. The molecule has 3 nitrogen and oxygen atoms in total. The van der Waals surface area contributed by atoms with Gasteiger partial charge in [0.15, 0.2) is 10.3 Å². The number of halogens is 2. The Hall–Kier alpha value is -0.190. The van der Waals surface area contributed by atoms with Crippen LogP contribution in [0, 0.1) is 0 Å². The topological polar surface area (TPSA) is 51.8 Å². The highest BCUT2D eigenvalue weighted by Crippen LogP contribution is 2.28. The zero-order valence-electron chi connectivity index (χ0n) is 6.96. The van der Waals surface area contributed by atoms with Gasteiger partial charge in [-0.1, -0.05) is 30.1 Å². The summed E-state index contributed by atoms with van der Waals surface area (Å²) in [4.78, 5) is 7.95. The number of hydrogen-bond donors (Lipinski definition) is 2. The number of rotatable bonds is 2. The van der Waals surface area contributed by atoms with E-state index in [0.29, 0.717) is 5.82 Å². The Morgan fingerprint density at radius 3 is 2.23 bits per heavy atom. The van der Waals surface area contributed by atoms with E-state index in [1.807, 2.05) is 6.92 Å². The van der Waals surface area contributed by atoms with E-state index in [2.05, 4.69) is 22.6 Å². The highest BCUT2D eigenvalue weighted by atomic mass is 35.5. The summed E-state index contributed by atoms with van der Waals surface area (Å²) >= 11 is 15.7. The Labute approximate surface area is 92.1 Å². The normalized spacial score (nSPS) is 12.9. The standard InChI is InChI=1S/C7H9Cl2N3S/c1-2-3(13)7-11-5(8)4(10)6(9)12-7/h3,13H,2,10H2,1H3. The smallest absolute Gasteiger partial charge is 0.157 e. The van der Waals surface area contributed by atoms with Gasteiger partial charge in [-0.2, -0.15) is 12.6 Å². The quantitative estimate of drug-likeness (QED) is 0.615. The molecule has 72 valence electrons. The molecular weight excluding hydrogens is 229 g/mol. The molecule has 0 spiro atoms. The molecule has 1 heterocycles. The van der Waals surface area contributed by atoms with Gasteiger partial charge in [-0.05, 0) is 6.42 Å². The molecule has 13 heavy (non-hydrogen) atoms. The van der Waals surface area contributed by atoms with E-state index < -0.39 is 0 Å². The lowest BCUT2D eigenvalue weighted by Gasteiger charge is -2.08. The summed E-state index contributed by atoms with van der Waals surface area (Å²) in [6.07, 6.45) is 0.805. The van der Waals surface area contributed by atoms with Gasteiger partial charge in [-0.3, -0.25) is 0 Å². The fourth-order valence-corrected chi connectivity index (χ4v) is 1.28. The summed E-state index contributed by atoms with van der Waals surface area (Å²) in [5.41, 5.74) is 5.69. The Morgan fingerprint density at radius 1 is 1.38 bits per heavy atom. The van der Waals surface area contributed by atoms with Gasteiger partial charge in [0, 0.05) is 0 Å². The lowest BCUT2D eigenvalue weighted by molar-refractivity contribution is 0.820. The number of hydrogen-bond acceptors (Lipinski definition) is 4. The van der Waals surface area contributed by atoms with Crippen LogP contribution in [0.15, 0.2) is 0 Å². The molecule has 1 atom stereocenters. The molecule has 0 aliphatic heterocycles. The van der Waals surface area contributed by atoms with Crippen molar-refractivity contribution in [3.05, 3.63) is 16.1 Å². The van der Waals surface area contributed by atoms with Gasteiger partial charge >= 0.3 is 0 Å².